The highest BCUT2D eigenvalue weighted by Crippen LogP contribution is 2.17. The molecule has 0 saturated carbocycles. The molecule has 1 atom stereocenters. The zero-order valence-corrected chi connectivity index (χ0v) is 12.5. The van der Waals surface area contributed by atoms with Gasteiger partial charge in [0.25, 0.3) is 0 Å². The van der Waals surface area contributed by atoms with E-state index in [1.54, 1.807) is 12.1 Å². The van der Waals surface area contributed by atoms with Crippen LogP contribution in [0.5, 0.6) is 0 Å². The minimum Gasteiger partial charge on any atom is -0.338 e. The number of amides is 2. The fraction of sp³-hybridized carbons (Fsp3) is 0.500. The first-order chi connectivity index (χ1) is 9.94. The number of carbonyl (C=O) groups is 1. The lowest BCUT2D eigenvalue weighted by Crippen LogP contribution is -2.39. The van der Waals surface area contributed by atoms with Gasteiger partial charge in [-0.15, -0.1) is 0 Å². The quantitative estimate of drug-likeness (QED) is 0.854. The van der Waals surface area contributed by atoms with Gasteiger partial charge >= 0.3 is 6.03 Å². The lowest BCUT2D eigenvalue weighted by molar-refractivity contribution is 0.239. The van der Waals surface area contributed by atoms with Crippen LogP contribution in [0.2, 0.25) is 0 Å². The van der Waals surface area contributed by atoms with Gasteiger partial charge in [-0.25, -0.2) is 17.6 Å². The van der Waals surface area contributed by atoms with Crippen LogP contribution in [0.3, 0.4) is 0 Å². The Morgan fingerprint density at radius 3 is 2.81 bits per heavy atom. The van der Waals surface area contributed by atoms with Crippen LogP contribution in [0.4, 0.5) is 9.18 Å². The van der Waals surface area contributed by atoms with E-state index in [9.17, 15) is 17.6 Å². The molecule has 7 heteroatoms. The van der Waals surface area contributed by atoms with Crippen molar-refractivity contribution in [3.63, 3.8) is 0 Å². The molecule has 5 nitrogen and oxygen atoms in total. The Balaban J connectivity index is 1.64. The second kappa shape index (κ2) is 6.89. The Kier molecular flexibility index (Phi) is 5.17. The molecule has 0 aliphatic carbocycles. The summed E-state index contributed by atoms with van der Waals surface area (Å²) in [6, 6.07) is 5.91. The minimum atomic E-state index is -2.91. The van der Waals surface area contributed by atoms with E-state index in [0.29, 0.717) is 25.9 Å². The maximum absolute atomic E-state index is 13.0. The molecular formula is C14H19FN2O3S. The van der Waals surface area contributed by atoms with Gasteiger partial charge in [0.15, 0.2) is 9.84 Å². The number of nitrogens with one attached hydrogen (secondary N) is 2. The van der Waals surface area contributed by atoms with Crippen LogP contribution < -0.4 is 10.6 Å². The molecular weight excluding hydrogens is 295 g/mol. The van der Waals surface area contributed by atoms with Crippen LogP contribution in [0.1, 0.15) is 12.0 Å². The van der Waals surface area contributed by atoms with Gasteiger partial charge in [0.2, 0.25) is 0 Å². The second-order valence-electron chi connectivity index (χ2n) is 5.29. The van der Waals surface area contributed by atoms with Gasteiger partial charge in [-0.1, -0.05) is 12.1 Å². The van der Waals surface area contributed by atoms with E-state index in [4.69, 9.17) is 0 Å². The normalized spacial score (nSPS) is 20.1. The molecule has 0 spiro atoms. The van der Waals surface area contributed by atoms with E-state index in [0.717, 1.165) is 5.56 Å². The predicted molar refractivity (Wildman–Crippen MR) is 78.3 cm³/mol. The van der Waals surface area contributed by atoms with Gasteiger partial charge in [0.1, 0.15) is 5.82 Å². The lowest BCUT2D eigenvalue weighted by atomic mass is 10.1. The highest BCUT2D eigenvalue weighted by atomic mass is 32.2. The molecule has 2 amide bonds. The van der Waals surface area contributed by atoms with E-state index in [1.807, 2.05) is 0 Å². The highest BCUT2D eigenvalue weighted by molar-refractivity contribution is 7.91. The van der Waals surface area contributed by atoms with E-state index < -0.39 is 9.84 Å². The highest BCUT2D eigenvalue weighted by Gasteiger charge is 2.27. The van der Waals surface area contributed by atoms with Gasteiger partial charge in [0.05, 0.1) is 11.5 Å². The van der Waals surface area contributed by atoms with E-state index in [-0.39, 0.29) is 29.3 Å². The fourth-order valence-corrected chi connectivity index (χ4v) is 4.21. The summed E-state index contributed by atoms with van der Waals surface area (Å²) in [5.41, 5.74) is 0.817. The third-order valence-corrected chi connectivity index (χ3v) is 5.30. The minimum absolute atomic E-state index is 0.00368. The molecule has 2 N–H and O–H groups in total. The average Bonchev–Trinajstić information content (AvgIpc) is 2.76. The monoisotopic (exact) mass is 314 g/mol. The molecule has 0 bridgehead atoms. The summed E-state index contributed by atoms with van der Waals surface area (Å²) < 4.78 is 35.5. The maximum Gasteiger partial charge on any atom is 0.314 e. The Hall–Kier alpha value is -1.63. The van der Waals surface area contributed by atoms with Gasteiger partial charge < -0.3 is 10.6 Å². The number of carbonyl (C=O) groups excluding carboxylic acids is 1. The Bertz CT molecular complexity index is 604. The number of sulfone groups is 1. The first-order valence-corrected chi connectivity index (χ1v) is 8.73. The lowest BCUT2D eigenvalue weighted by Gasteiger charge is -2.11. The average molecular weight is 314 g/mol. The topological polar surface area (TPSA) is 75.3 Å². The standard InChI is InChI=1S/C14H19FN2O3S/c15-13-3-1-2-11(8-13)4-6-16-14(18)17-9-12-5-7-21(19,20)10-12/h1-3,8,12H,4-7,9-10H2,(H2,16,17,18)/t12-/m1/s1. The van der Waals surface area contributed by atoms with Gasteiger partial charge in [0, 0.05) is 13.1 Å². The van der Waals surface area contributed by atoms with Crippen molar-refractivity contribution < 1.29 is 17.6 Å². The first kappa shape index (κ1) is 15.8. The van der Waals surface area contributed by atoms with Crippen molar-refractivity contribution in [3.05, 3.63) is 35.6 Å². The number of halogens is 1. The smallest absolute Gasteiger partial charge is 0.314 e. The summed E-state index contributed by atoms with van der Waals surface area (Å²) >= 11 is 0. The summed E-state index contributed by atoms with van der Waals surface area (Å²) in [4.78, 5) is 11.6. The Morgan fingerprint density at radius 1 is 1.33 bits per heavy atom. The molecule has 2 rings (SSSR count). The molecule has 1 aliphatic heterocycles. The third kappa shape index (κ3) is 5.34. The van der Waals surface area contributed by atoms with E-state index in [2.05, 4.69) is 10.6 Å². The van der Waals surface area contributed by atoms with Crippen LogP contribution in [0.15, 0.2) is 24.3 Å². The van der Waals surface area contributed by atoms with Gasteiger partial charge in [-0.05, 0) is 36.5 Å². The molecule has 1 saturated heterocycles. The second-order valence-corrected chi connectivity index (χ2v) is 7.51. The van der Waals surface area contributed by atoms with Crippen molar-refractivity contribution >= 4 is 15.9 Å². The van der Waals surface area contributed by atoms with Crippen LogP contribution in [-0.4, -0.2) is 39.0 Å². The zero-order valence-electron chi connectivity index (χ0n) is 11.6. The maximum atomic E-state index is 13.0. The number of rotatable bonds is 5. The molecule has 1 aliphatic rings. The molecule has 21 heavy (non-hydrogen) atoms. The molecule has 1 fully saturated rings. The Morgan fingerprint density at radius 2 is 2.14 bits per heavy atom. The van der Waals surface area contributed by atoms with Crippen LogP contribution in [0.25, 0.3) is 0 Å². The van der Waals surface area contributed by atoms with E-state index in [1.165, 1.54) is 12.1 Å². The van der Waals surface area contributed by atoms with Crippen LogP contribution >= 0.6 is 0 Å². The first-order valence-electron chi connectivity index (χ1n) is 6.91. The largest absolute Gasteiger partial charge is 0.338 e. The predicted octanol–water partition coefficient (Wildman–Crippen LogP) is 1.10. The summed E-state index contributed by atoms with van der Waals surface area (Å²) in [5, 5.41) is 5.34. The van der Waals surface area contributed by atoms with Crippen molar-refractivity contribution in [1.29, 1.82) is 0 Å². The number of benzene rings is 1. The number of hydrogen-bond donors (Lipinski definition) is 2. The summed E-state index contributed by atoms with van der Waals surface area (Å²) in [6.07, 6.45) is 1.15. The summed E-state index contributed by atoms with van der Waals surface area (Å²) in [6.45, 7) is 0.767. The zero-order chi connectivity index (χ0) is 15.3. The third-order valence-electron chi connectivity index (χ3n) is 3.47. The van der Waals surface area contributed by atoms with Crippen molar-refractivity contribution in [2.24, 2.45) is 5.92 Å². The molecule has 0 aromatic heterocycles. The van der Waals surface area contributed by atoms with Crippen LogP contribution in [0, 0.1) is 11.7 Å². The summed E-state index contributed by atoms with van der Waals surface area (Å²) in [5.74, 6) is 0.0697. The number of hydrogen-bond acceptors (Lipinski definition) is 3. The fourth-order valence-electron chi connectivity index (χ4n) is 2.35. The van der Waals surface area contributed by atoms with Crippen molar-refractivity contribution in [2.75, 3.05) is 24.6 Å². The number of urea groups is 1. The Labute approximate surface area is 123 Å². The molecule has 1 aromatic carbocycles. The van der Waals surface area contributed by atoms with Gasteiger partial charge in [-0.3, -0.25) is 0 Å². The SMILES string of the molecule is O=C(NCCc1cccc(F)c1)NC[C@H]1CCS(=O)(=O)C1. The molecule has 116 valence electrons. The molecule has 0 radical (unpaired) electrons. The molecule has 1 aromatic rings. The molecule has 0 unspecified atom stereocenters. The summed E-state index contributed by atoms with van der Waals surface area (Å²) in [7, 11) is -2.91. The van der Waals surface area contributed by atoms with Crippen molar-refractivity contribution in [1.82, 2.24) is 10.6 Å². The molecule has 1 heterocycles. The van der Waals surface area contributed by atoms with Gasteiger partial charge in [-0.2, -0.15) is 0 Å². The van der Waals surface area contributed by atoms with Crippen molar-refractivity contribution in [3.8, 4) is 0 Å². The van der Waals surface area contributed by atoms with Crippen molar-refractivity contribution in [2.45, 2.75) is 12.8 Å². The van der Waals surface area contributed by atoms with Crippen LogP contribution in [-0.2, 0) is 16.3 Å². The van der Waals surface area contributed by atoms with E-state index >= 15 is 0 Å².